The highest BCUT2D eigenvalue weighted by Crippen LogP contribution is 2.44. The zero-order valence-corrected chi connectivity index (χ0v) is 24.0. The van der Waals surface area contributed by atoms with E-state index in [1.807, 2.05) is 54.6 Å². The Kier molecular flexibility index (Phi) is 9.16. The molecule has 1 atom stereocenters. The van der Waals surface area contributed by atoms with E-state index < -0.39 is 5.92 Å². The third-order valence-corrected chi connectivity index (χ3v) is 8.47. The van der Waals surface area contributed by atoms with Crippen LogP contribution in [0.4, 0.5) is 0 Å². The van der Waals surface area contributed by atoms with E-state index in [-0.39, 0.29) is 17.8 Å². The summed E-state index contributed by atoms with van der Waals surface area (Å²) in [5.74, 6) is 1.51. The fourth-order valence-corrected chi connectivity index (χ4v) is 5.97. The van der Waals surface area contributed by atoms with E-state index in [0.29, 0.717) is 34.5 Å². The average Bonchev–Trinajstić information content (AvgIpc) is 2.99. The number of unbranched alkanes of at least 4 members (excludes halogenated alkanes) is 1. The highest BCUT2D eigenvalue weighted by atomic mass is 35.5. The maximum Gasteiger partial charge on any atom is 0.314 e. The van der Waals surface area contributed by atoms with Gasteiger partial charge in [-0.2, -0.15) is 5.26 Å². The SMILES string of the molecule is CCCCC1CCC(C(=O)Oc2ccc3c(c2)OC(N)=C(C#N)C3c2cccc(OCc3ccccc3Cl)c2)CC1. The first-order chi connectivity index (χ1) is 20.0. The van der Waals surface area contributed by atoms with Gasteiger partial charge in [0.1, 0.15) is 35.5 Å². The Morgan fingerprint density at radius 1 is 1.05 bits per heavy atom. The average molecular weight is 571 g/mol. The molecule has 2 aliphatic rings. The maximum atomic E-state index is 13.0. The zero-order chi connectivity index (χ0) is 28.8. The lowest BCUT2D eigenvalue weighted by atomic mass is 9.80. The van der Waals surface area contributed by atoms with Gasteiger partial charge in [-0.3, -0.25) is 4.79 Å². The predicted molar refractivity (Wildman–Crippen MR) is 159 cm³/mol. The van der Waals surface area contributed by atoms with Gasteiger partial charge in [-0.15, -0.1) is 0 Å². The lowest BCUT2D eigenvalue weighted by molar-refractivity contribution is -0.140. The number of benzene rings is 3. The van der Waals surface area contributed by atoms with Crippen molar-refractivity contribution in [2.45, 2.75) is 64.4 Å². The van der Waals surface area contributed by atoms with E-state index in [2.05, 4.69) is 13.0 Å². The summed E-state index contributed by atoms with van der Waals surface area (Å²) < 4.78 is 17.7. The number of hydrogen-bond acceptors (Lipinski definition) is 6. The van der Waals surface area contributed by atoms with Crippen molar-refractivity contribution in [2.24, 2.45) is 17.6 Å². The molecule has 0 spiro atoms. The van der Waals surface area contributed by atoms with Gasteiger partial charge in [0.25, 0.3) is 0 Å². The lowest BCUT2D eigenvalue weighted by Gasteiger charge is -2.28. The van der Waals surface area contributed by atoms with Crippen LogP contribution in [0.15, 0.2) is 78.2 Å². The van der Waals surface area contributed by atoms with Crippen LogP contribution in [0.5, 0.6) is 17.2 Å². The summed E-state index contributed by atoms with van der Waals surface area (Å²) in [5.41, 5.74) is 9.00. The summed E-state index contributed by atoms with van der Waals surface area (Å²) >= 11 is 6.28. The summed E-state index contributed by atoms with van der Waals surface area (Å²) in [6, 6.07) is 22.6. The normalized spacial score (nSPS) is 20.0. The number of ether oxygens (including phenoxy) is 3. The van der Waals surface area contributed by atoms with Crippen LogP contribution in [-0.2, 0) is 11.4 Å². The Hall–Kier alpha value is -3.95. The molecule has 0 bridgehead atoms. The van der Waals surface area contributed by atoms with E-state index in [0.717, 1.165) is 48.3 Å². The summed E-state index contributed by atoms with van der Waals surface area (Å²) in [5, 5.41) is 10.6. The molecule has 0 saturated heterocycles. The Bertz CT molecular complexity index is 1470. The number of nitrogens with two attached hydrogens (primary N) is 1. The van der Waals surface area contributed by atoms with Crippen molar-refractivity contribution >= 4 is 17.6 Å². The van der Waals surface area contributed by atoms with Crippen LogP contribution in [-0.4, -0.2) is 5.97 Å². The van der Waals surface area contributed by atoms with Crippen LogP contribution in [0, 0.1) is 23.2 Å². The standard InChI is InChI=1S/C34H35ClN2O4/c1-2-3-7-22-12-14-23(15-13-22)34(38)40-27-16-17-28-31(19-27)41-33(37)29(20-36)32(28)24-9-6-10-26(18-24)39-21-25-8-4-5-11-30(25)35/h4-6,8-11,16-19,22-23,32H,2-3,7,12-15,21,37H2,1H3. The van der Waals surface area contributed by atoms with Gasteiger partial charge in [-0.25, -0.2) is 0 Å². The minimum Gasteiger partial charge on any atom is -0.489 e. The third-order valence-electron chi connectivity index (χ3n) is 8.10. The summed E-state index contributed by atoms with van der Waals surface area (Å²) in [4.78, 5) is 13.0. The van der Waals surface area contributed by atoms with Gasteiger partial charge >= 0.3 is 5.97 Å². The minimum atomic E-state index is -0.462. The van der Waals surface area contributed by atoms with Gasteiger partial charge in [0, 0.05) is 22.2 Å². The second kappa shape index (κ2) is 13.1. The fraction of sp³-hybridized carbons (Fsp3) is 0.353. The van der Waals surface area contributed by atoms with Crippen molar-refractivity contribution in [3.8, 4) is 23.3 Å². The molecule has 0 radical (unpaired) electrons. The van der Waals surface area contributed by atoms with Gasteiger partial charge in [0.05, 0.1) is 11.8 Å². The molecule has 0 amide bonds. The Labute approximate surface area is 246 Å². The smallest absolute Gasteiger partial charge is 0.314 e. The van der Waals surface area contributed by atoms with Crippen LogP contribution in [0.1, 0.15) is 74.5 Å². The summed E-state index contributed by atoms with van der Waals surface area (Å²) in [7, 11) is 0. The van der Waals surface area contributed by atoms with Crippen molar-refractivity contribution in [2.75, 3.05) is 0 Å². The molecule has 6 nitrogen and oxygen atoms in total. The number of carbonyl (C=O) groups excluding carboxylic acids is 1. The van der Waals surface area contributed by atoms with Crippen molar-refractivity contribution in [3.05, 3.63) is 99.9 Å². The quantitative estimate of drug-likeness (QED) is 0.207. The van der Waals surface area contributed by atoms with Gasteiger partial charge in [-0.1, -0.05) is 74.2 Å². The molecule has 41 heavy (non-hydrogen) atoms. The molecule has 1 fully saturated rings. The molecule has 1 unspecified atom stereocenters. The first-order valence-corrected chi connectivity index (χ1v) is 14.7. The van der Waals surface area contributed by atoms with Crippen molar-refractivity contribution in [3.63, 3.8) is 0 Å². The van der Waals surface area contributed by atoms with Crippen LogP contribution in [0.2, 0.25) is 5.02 Å². The summed E-state index contributed by atoms with van der Waals surface area (Å²) in [6.45, 7) is 2.53. The Morgan fingerprint density at radius 2 is 1.85 bits per heavy atom. The molecule has 0 aromatic heterocycles. The zero-order valence-electron chi connectivity index (χ0n) is 23.3. The van der Waals surface area contributed by atoms with E-state index in [1.54, 1.807) is 12.1 Å². The van der Waals surface area contributed by atoms with Gasteiger partial charge in [0.15, 0.2) is 0 Å². The van der Waals surface area contributed by atoms with Crippen LogP contribution >= 0.6 is 11.6 Å². The number of allylic oxidation sites excluding steroid dienone is 1. The molecule has 7 heteroatoms. The second-order valence-electron chi connectivity index (χ2n) is 10.9. The number of halogens is 1. The topological polar surface area (TPSA) is 94.6 Å². The first kappa shape index (κ1) is 28.6. The number of carbonyl (C=O) groups is 1. The number of rotatable bonds is 9. The molecule has 1 saturated carbocycles. The van der Waals surface area contributed by atoms with Crippen LogP contribution in [0.3, 0.4) is 0 Å². The number of esters is 1. The van der Waals surface area contributed by atoms with Crippen LogP contribution in [0.25, 0.3) is 0 Å². The molecule has 1 heterocycles. The highest BCUT2D eigenvalue weighted by molar-refractivity contribution is 6.31. The molecule has 1 aliphatic carbocycles. The third kappa shape index (κ3) is 6.69. The van der Waals surface area contributed by atoms with E-state index in [4.69, 9.17) is 31.5 Å². The van der Waals surface area contributed by atoms with Gasteiger partial charge in [0.2, 0.25) is 5.88 Å². The second-order valence-corrected chi connectivity index (χ2v) is 11.3. The van der Waals surface area contributed by atoms with Gasteiger partial charge in [-0.05, 0) is 61.4 Å². The monoisotopic (exact) mass is 570 g/mol. The molecular weight excluding hydrogens is 536 g/mol. The van der Waals surface area contributed by atoms with E-state index in [9.17, 15) is 10.1 Å². The molecule has 2 N–H and O–H groups in total. The number of fused-ring (bicyclic) bond motifs is 1. The summed E-state index contributed by atoms with van der Waals surface area (Å²) in [6.07, 6.45) is 7.60. The van der Waals surface area contributed by atoms with Gasteiger partial charge < -0.3 is 19.9 Å². The maximum absolute atomic E-state index is 13.0. The molecule has 3 aromatic rings. The largest absolute Gasteiger partial charge is 0.489 e. The van der Waals surface area contributed by atoms with E-state index in [1.165, 1.54) is 19.3 Å². The molecule has 3 aromatic carbocycles. The number of nitriles is 1. The molecular formula is C34H35ClN2O4. The lowest BCUT2D eigenvalue weighted by Crippen LogP contribution is -2.26. The number of nitrogens with zero attached hydrogens (tertiary/aromatic N) is 1. The highest BCUT2D eigenvalue weighted by Gasteiger charge is 2.32. The predicted octanol–water partition coefficient (Wildman–Crippen LogP) is 8.04. The first-order valence-electron chi connectivity index (χ1n) is 14.4. The van der Waals surface area contributed by atoms with Crippen molar-refractivity contribution < 1.29 is 19.0 Å². The molecule has 212 valence electrons. The minimum absolute atomic E-state index is 0.0290. The Balaban J connectivity index is 1.32. The van der Waals surface area contributed by atoms with Crippen molar-refractivity contribution in [1.29, 1.82) is 5.26 Å². The molecule has 1 aliphatic heterocycles. The van der Waals surface area contributed by atoms with E-state index >= 15 is 0 Å². The number of hydrogen-bond donors (Lipinski definition) is 1. The Morgan fingerprint density at radius 3 is 2.61 bits per heavy atom. The van der Waals surface area contributed by atoms with Crippen molar-refractivity contribution in [1.82, 2.24) is 0 Å². The van der Waals surface area contributed by atoms with Crippen LogP contribution < -0.4 is 19.9 Å². The fourth-order valence-electron chi connectivity index (χ4n) is 5.78. The molecule has 5 rings (SSSR count).